The third-order valence-electron chi connectivity index (χ3n) is 3.59. The molecule has 2 aromatic carbocycles. The van der Waals surface area contributed by atoms with E-state index in [0.717, 1.165) is 11.0 Å². The highest BCUT2D eigenvalue weighted by Gasteiger charge is 2.14. The Kier molecular flexibility index (Phi) is 4.79. The summed E-state index contributed by atoms with van der Waals surface area (Å²) >= 11 is 0. The van der Waals surface area contributed by atoms with Crippen molar-refractivity contribution in [2.24, 2.45) is 0 Å². The Morgan fingerprint density at radius 2 is 1.56 bits per heavy atom. The smallest absolute Gasteiger partial charge is 0.346 e. The van der Waals surface area contributed by atoms with Gasteiger partial charge in [-0.3, -0.25) is 0 Å². The second kappa shape index (κ2) is 7.17. The van der Waals surface area contributed by atoms with E-state index >= 15 is 0 Å². The Morgan fingerprint density at radius 3 is 2.20 bits per heavy atom. The largest absolute Gasteiger partial charge is 0.479 e. The van der Waals surface area contributed by atoms with Crippen LogP contribution in [0.1, 0.15) is 12.6 Å². The topological polar surface area (TPSA) is 70.5 Å². The van der Waals surface area contributed by atoms with Gasteiger partial charge in [-0.15, -0.1) is 0 Å². The number of fused-ring (bicyclic) bond motifs is 1. The molecule has 0 aliphatic rings. The van der Waals surface area contributed by atoms with Gasteiger partial charge in [-0.05, 0) is 50.2 Å². The van der Waals surface area contributed by atoms with Gasteiger partial charge in [-0.2, -0.15) is 0 Å². The number of aryl methyl sites for hydroxylation is 1. The molecule has 0 spiro atoms. The van der Waals surface area contributed by atoms with E-state index in [0.29, 0.717) is 23.1 Å². The van der Waals surface area contributed by atoms with Crippen LogP contribution in [0.5, 0.6) is 17.4 Å². The highest BCUT2D eigenvalue weighted by Crippen LogP contribution is 2.26. The van der Waals surface area contributed by atoms with E-state index in [1.165, 1.54) is 7.11 Å². The van der Waals surface area contributed by atoms with Crippen molar-refractivity contribution in [1.82, 2.24) is 9.97 Å². The van der Waals surface area contributed by atoms with Crippen molar-refractivity contribution in [3.8, 4) is 17.4 Å². The summed E-state index contributed by atoms with van der Waals surface area (Å²) < 4.78 is 16.0. The van der Waals surface area contributed by atoms with Crippen LogP contribution in [0, 0.1) is 6.92 Å². The number of aromatic nitrogens is 2. The molecule has 0 amide bonds. The van der Waals surface area contributed by atoms with Crippen LogP contribution in [0.15, 0.2) is 48.5 Å². The first-order valence-electron chi connectivity index (χ1n) is 7.82. The minimum atomic E-state index is -0.676. The van der Waals surface area contributed by atoms with E-state index in [1.807, 2.05) is 31.2 Å². The lowest BCUT2D eigenvalue weighted by atomic mass is 10.3. The average Bonchev–Trinajstić information content (AvgIpc) is 2.63. The molecule has 1 atom stereocenters. The normalized spacial score (nSPS) is 11.8. The van der Waals surface area contributed by atoms with E-state index < -0.39 is 12.1 Å². The van der Waals surface area contributed by atoms with Crippen LogP contribution >= 0.6 is 0 Å². The number of carbonyl (C=O) groups is 1. The summed E-state index contributed by atoms with van der Waals surface area (Å²) in [5, 5.41) is 0. The Balaban J connectivity index is 1.75. The number of nitrogens with zero attached hydrogens (tertiary/aromatic N) is 2. The van der Waals surface area contributed by atoms with Gasteiger partial charge >= 0.3 is 5.97 Å². The predicted molar refractivity (Wildman–Crippen MR) is 92.9 cm³/mol. The quantitative estimate of drug-likeness (QED) is 0.661. The van der Waals surface area contributed by atoms with Crippen molar-refractivity contribution < 1.29 is 19.0 Å². The van der Waals surface area contributed by atoms with Crippen molar-refractivity contribution >= 4 is 17.0 Å². The minimum Gasteiger partial charge on any atom is -0.479 e. The van der Waals surface area contributed by atoms with Gasteiger partial charge in [0.25, 0.3) is 0 Å². The predicted octanol–water partition coefficient (Wildman–Crippen LogP) is 3.67. The summed E-state index contributed by atoms with van der Waals surface area (Å²) in [5.74, 6) is 1.18. The molecule has 0 saturated heterocycles. The molecule has 1 aromatic heterocycles. The van der Waals surface area contributed by atoms with E-state index in [2.05, 4.69) is 14.7 Å². The zero-order valence-electron chi connectivity index (χ0n) is 14.2. The van der Waals surface area contributed by atoms with Gasteiger partial charge in [0.1, 0.15) is 17.2 Å². The van der Waals surface area contributed by atoms with Crippen LogP contribution < -0.4 is 9.47 Å². The maximum Gasteiger partial charge on any atom is 0.346 e. The summed E-state index contributed by atoms with van der Waals surface area (Å²) in [6.07, 6.45) is -0.676. The molecule has 0 saturated carbocycles. The molecular weight excluding hydrogens is 320 g/mol. The highest BCUT2D eigenvalue weighted by molar-refractivity contribution is 5.75. The van der Waals surface area contributed by atoms with E-state index in [-0.39, 0.29) is 0 Å². The SMILES string of the molecule is COC(=O)C(C)Oc1ccc(Oc2nc3ccccc3nc2C)cc1. The number of carbonyl (C=O) groups excluding carboxylic acids is 1. The zero-order chi connectivity index (χ0) is 17.8. The van der Waals surface area contributed by atoms with Crippen LogP contribution in [0.4, 0.5) is 0 Å². The summed E-state index contributed by atoms with van der Waals surface area (Å²) in [4.78, 5) is 20.4. The second-order valence-electron chi connectivity index (χ2n) is 5.46. The minimum absolute atomic E-state index is 0.428. The van der Waals surface area contributed by atoms with Crippen molar-refractivity contribution in [2.75, 3.05) is 7.11 Å². The lowest BCUT2D eigenvalue weighted by Gasteiger charge is -2.13. The molecule has 3 rings (SSSR count). The number of esters is 1. The van der Waals surface area contributed by atoms with Crippen LogP contribution in [0.25, 0.3) is 11.0 Å². The van der Waals surface area contributed by atoms with Crippen molar-refractivity contribution in [1.29, 1.82) is 0 Å². The van der Waals surface area contributed by atoms with E-state index in [4.69, 9.17) is 9.47 Å². The van der Waals surface area contributed by atoms with E-state index in [1.54, 1.807) is 31.2 Å². The molecule has 6 heteroatoms. The summed E-state index contributed by atoms with van der Waals surface area (Å²) in [7, 11) is 1.33. The second-order valence-corrected chi connectivity index (χ2v) is 5.46. The summed E-state index contributed by atoms with van der Waals surface area (Å²) in [6.45, 7) is 3.48. The Bertz CT molecular complexity index is 894. The number of ether oxygens (including phenoxy) is 3. The fraction of sp³-hybridized carbons (Fsp3) is 0.211. The third kappa shape index (κ3) is 3.85. The molecule has 25 heavy (non-hydrogen) atoms. The van der Waals surface area contributed by atoms with Crippen molar-refractivity contribution in [2.45, 2.75) is 20.0 Å². The number of hydrogen-bond donors (Lipinski definition) is 0. The number of methoxy groups -OCH3 is 1. The Labute approximate surface area is 145 Å². The molecule has 0 aliphatic carbocycles. The molecule has 0 fully saturated rings. The Morgan fingerprint density at radius 1 is 0.960 bits per heavy atom. The van der Waals surface area contributed by atoms with E-state index in [9.17, 15) is 4.79 Å². The first kappa shape index (κ1) is 16.7. The van der Waals surface area contributed by atoms with Crippen LogP contribution in [0.3, 0.4) is 0 Å². The van der Waals surface area contributed by atoms with Gasteiger partial charge < -0.3 is 14.2 Å². The van der Waals surface area contributed by atoms with Gasteiger partial charge in [0.2, 0.25) is 5.88 Å². The van der Waals surface area contributed by atoms with Gasteiger partial charge in [0.05, 0.1) is 18.1 Å². The van der Waals surface area contributed by atoms with Gasteiger partial charge in [0.15, 0.2) is 6.10 Å². The molecular formula is C19H18N2O4. The van der Waals surface area contributed by atoms with Crippen LogP contribution in [0.2, 0.25) is 0 Å². The molecule has 3 aromatic rings. The van der Waals surface area contributed by atoms with Crippen LogP contribution in [-0.2, 0) is 9.53 Å². The van der Waals surface area contributed by atoms with Gasteiger partial charge in [-0.1, -0.05) is 12.1 Å². The molecule has 6 nitrogen and oxygen atoms in total. The summed E-state index contributed by atoms with van der Waals surface area (Å²) in [6, 6.07) is 14.6. The standard InChI is InChI=1S/C19H18N2O4/c1-12-18(21-17-7-5-4-6-16(17)20-12)25-15-10-8-14(9-11-15)24-13(2)19(22)23-3/h4-11,13H,1-3H3. The molecule has 1 unspecified atom stereocenters. The number of hydrogen-bond acceptors (Lipinski definition) is 6. The van der Waals surface area contributed by atoms with Gasteiger partial charge in [-0.25, -0.2) is 14.8 Å². The highest BCUT2D eigenvalue weighted by atomic mass is 16.6. The average molecular weight is 338 g/mol. The molecule has 0 radical (unpaired) electrons. The first-order valence-corrected chi connectivity index (χ1v) is 7.82. The molecule has 1 heterocycles. The van der Waals surface area contributed by atoms with Crippen LogP contribution in [-0.4, -0.2) is 29.2 Å². The third-order valence-corrected chi connectivity index (χ3v) is 3.59. The monoisotopic (exact) mass is 338 g/mol. The lowest BCUT2D eigenvalue weighted by Crippen LogP contribution is -2.24. The molecule has 128 valence electrons. The molecule has 0 bridgehead atoms. The maximum atomic E-state index is 11.4. The number of rotatable bonds is 5. The summed E-state index contributed by atoms with van der Waals surface area (Å²) in [5.41, 5.74) is 2.31. The van der Waals surface area contributed by atoms with Gasteiger partial charge in [0, 0.05) is 0 Å². The fourth-order valence-corrected chi connectivity index (χ4v) is 2.28. The number of benzene rings is 2. The maximum absolute atomic E-state index is 11.4. The first-order chi connectivity index (χ1) is 12.1. The molecule has 0 aliphatic heterocycles. The van der Waals surface area contributed by atoms with Crippen molar-refractivity contribution in [3.05, 3.63) is 54.2 Å². The lowest BCUT2D eigenvalue weighted by molar-refractivity contribution is -0.147. The Hall–Kier alpha value is -3.15. The van der Waals surface area contributed by atoms with Crippen molar-refractivity contribution in [3.63, 3.8) is 0 Å². The zero-order valence-corrected chi connectivity index (χ0v) is 14.2. The molecule has 0 N–H and O–H groups in total. The number of para-hydroxylation sites is 2. The fourth-order valence-electron chi connectivity index (χ4n) is 2.28.